The molecule has 1 N–H and O–H groups in total. The summed E-state index contributed by atoms with van der Waals surface area (Å²) in [6.07, 6.45) is 6.90. The second-order valence-electron chi connectivity index (χ2n) is 7.04. The fourth-order valence-corrected chi connectivity index (χ4v) is 5.11. The van der Waals surface area contributed by atoms with E-state index in [1.807, 2.05) is 32.0 Å². The molecule has 1 aliphatic carbocycles. The number of hydrogen-bond donors (Lipinski definition) is 1. The van der Waals surface area contributed by atoms with Crippen molar-refractivity contribution in [3.05, 3.63) is 39.0 Å². The van der Waals surface area contributed by atoms with Crippen molar-refractivity contribution in [3.8, 4) is 22.9 Å². The van der Waals surface area contributed by atoms with Crippen molar-refractivity contribution in [3.63, 3.8) is 0 Å². The van der Waals surface area contributed by atoms with Crippen LogP contribution >= 0.6 is 11.3 Å². The third-order valence-electron chi connectivity index (χ3n) is 5.14. The SMILES string of the molecule is CCOc1ccc(-c2nc3sc4c(c3c(=O)[nH]2)CCCCCC4)cc1OCC. The van der Waals surface area contributed by atoms with Crippen molar-refractivity contribution in [1.29, 1.82) is 0 Å². The highest BCUT2D eigenvalue weighted by Crippen LogP contribution is 2.35. The maximum absolute atomic E-state index is 12.9. The van der Waals surface area contributed by atoms with Gasteiger partial charge in [0.25, 0.3) is 5.56 Å². The van der Waals surface area contributed by atoms with Crippen LogP contribution in [0.2, 0.25) is 0 Å². The van der Waals surface area contributed by atoms with E-state index in [9.17, 15) is 4.79 Å². The van der Waals surface area contributed by atoms with Crippen molar-refractivity contribution >= 4 is 21.6 Å². The average Bonchev–Trinajstić information content (AvgIpc) is 3.00. The smallest absolute Gasteiger partial charge is 0.260 e. The fourth-order valence-electron chi connectivity index (χ4n) is 3.85. The Kier molecular flexibility index (Phi) is 5.67. The molecule has 3 aromatic rings. The van der Waals surface area contributed by atoms with Gasteiger partial charge in [-0.1, -0.05) is 12.8 Å². The van der Waals surface area contributed by atoms with E-state index in [-0.39, 0.29) is 5.56 Å². The zero-order chi connectivity index (χ0) is 19.5. The molecule has 0 atom stereocenters. The summed E-state index contributed by atoms with van der Waals surface area (Å²) in [4.78, 5) is 22.9. The van der Waals surface area contributed by atoms with E-state index in [2.05, 4.69) is 4.98 Å². The summed E-state index contributed by atoms with van der Waals surface area (Å²) in [6, 6.07) is 5.69. The minimum absolute atomic E-state index is 0.0371. The van der Waals surface area contributed by atoms with Gasteiger partial charge < -0.3 is 14.5 Å². The number of aromatic nitrogens is 2. The van der Waals surface area contributed by atoms with Gasteiger partial charge in [-0.05, 0) is 63.3 Å². The van der Waals surface area contributed by atoms with Crippen LogP contribution in [0.3, 0.4) is 0 Å². The minimum atomic E-state index is -0.0371. The lowest BCUT2D eigenvalue weighted by Crippen LogP contribution is -2.10. The molecule has 0 unspecified atom stereocenters. The van der Waals surface area contributed by atoms with E-state index >= 15 is 0 Å². The first-order chi connectivity index (χ1) is 13.7. The van der Waals surface area contributed by atoms with Gasteiger partial charge in [0.15, 0.2) is 11.5 Å². The van der Waals surface area contributed by atoms with Crippen molar-refractivity contribution in [2.24, 2.45) is 0 Å². The van der Waals surface area contributed by atoms with Crippen molar-refractivity contribution in [2.45, 2.75) is 52.4 Å². The van der Waals surface area contributed by atoms with Gasteiger partial charge in [-0.2, -0.15) is 0 Å². The number of fused-ring (bicyclic) bond motifs is 3. The number of nitrogens with zero attached hydrogens (tertiary/aromatic N) is 1. The lowest BCUT2D eigenvalue weighted by molar-refractivity contribution is 0.288. The quantitative estimate of drug-likeness (QED) is 0.649. The summed E-state index contributed by atoms with van der Waals surface area (Å²) >= 11 is 1.68. The summed E-state index contributed by atoms with van der Waals surface area (Å²) in [7, 11) is 0. The molecular weight excluding hydrogens is 372 g/mol. The third kappa shape index (κ3) is 3.65. The standard InChI is InChI=1S/C22H26N2O3S/c1-3-26-16-12-11-14(13-17(16)27-4-2)20-23-21(25)19-15-9-7-5-6-8-10-18(15)28-22(19)24-20/h11-13H,3-10H2,1-2H3,(H,23,24,25). The number of thiophene rings is 1. The number of ether oxygens (including phenoxy) is 2. The highest BCUT2D eigenvalue weighted by Gasteiger charge is 2.19. The number of aromatic amines is 1. The molecule has 4 rings (SSSR count). The van der Waals surface area contributed by atoms with Crippen LogP contribution in [0.25, 0.3) is 21.6 Å². The van der Waals surface area contributed by atoms with E-state index in [4.69, 9.17) is 14.5 Å². The van der Waals surface area contributed by atoms with Gasteiger partial charge in [-0.15, -0.1) is 11.3 Å². The molecule has 0 amide bonds. The Morgan fingerprint density at radius 2 is 1.79 bits per heavy atom. The first-order valence-electron chi connectivity index (χ1n) is 10.2. The normalized spacial score (nSPS) is 14.4. The van der Waals surface area contributed by atoms with Crippen LogP contribution in [0.4, 0.5) is 0 Å². The van der Waals surface area contributed by atoms with Gasteiger partial charge in [-0.25, -0.2) is 4.98 Å². The van der Waals surface area contributed by atoms with Crippen molar-refractivity contribution < 1.29 is 9.47 Å². The van der Waals surface area contributed by atoms with Gasteiger partial charge in [-0.3, -0.25) is 4.79 Å². The summed E-state index contributed by atoms with van der Waals surface area (Å²) in [5.74, 6) is 1.95. The zero-order valence-electron chi connectivity index (χ0n) is 16.5. The molecule has 0 saturated heterocycles. The van der Waals surface area contributed by atoms with E-state index in [1.54, 1.807) is 11.3 Å². The average molecular weight is 399 g/mol. The lowest BCUT2D eigenvalue weighted by Gasteiger charge is -2.12. The van der Waals surface area contributed by atoms with E-state index < -0.39 is 0 Å². The summed E-state index contributed by atoms with van der Waals surface area (Å²) in [6.45, 7) is 5.00. The van der Waals surface area contributed by atoms with Crippen LogP contribution < -0.4 is 15.0 Å². The Morgan fingerprint density at radius 1 is 1.04 bits per heavy atom. The number of hydrogen-bond acceptors (Lipinski definition) is 5. The number of aryl methyl sites for hydroxylation is 2. The van der Waals surface area contributed by atoms with Crippen LogP contribution in [0.1, 0.15) is 50.0 Å². The Labute approximate surface area is 168 Å². The second kappa shape index (κ2) is 8.35. The molecule has 1 aromatic carbocycles. The molecule has 5 nitrogen and oxygen atoms in total. The van der Waals surface area contributed by atoms with Gasteiger partial charge in [0.1, 0.15) is 10.7 Å². The van der Waals surface area contributed by atoms with E-state index in [1.165, 1.54) is 29.7 Å². The topological polar surface area (TPSA) is 64.2 Å². The number of benzene rings is 1. The fraction of sp³-hybridized carbons (Fsp3) is 0.455. The van der Waals surface area contributed by atoms with E-state index in [0.717, 1.165) is 35.0 Å². The summed E-state index contributed by atoms with van der Waals surface area (Å²) in [5, 5.41) is 0.793. The summed E-state index contributed by atoms with van der Waals surface area (Å²) in [5.41, 5.74) is 2.01. The van der Waals surface area contributed by atoms with Crippen molar-refractivity contribution in [2.75, 3.05) is 13.2 Å². The highest BCUT2D eigenvalue weighted by atomic mass is 32.1. The van der Waals surface area contributed by atoms with Gasteiger partial charge in [0.2, 0.25) is 0 Å². The molecule has 6 heteroatoms. The first-order valence-corrected chi connectivity index (χ1v) is 11.0. The minimum Gasteiger partial charge on any atom is -0.490 e. The van der Waals surface area contributed by atoms with Crippen LogP contribution in [-0.2, 0) is 12.8 Å². The second-order valence-corrected chi connectivity index (χ2v) is 8.12. The number of nitrogens with one attached hydrogen (secondary N) is 1. The van der Waals surface area contributed by atoms with Crippen LogP contribution in [-0.4, -0.2) is 23.2 Å². The monoisotopic (exact) mass is 398 g/mol. The van der Waals surface area contributed by atoms with Gasteiger partial charge in [0, 0.05) is 10.4 Å². The van der Waals surface area contributed by atoms with Crippen LogP contribution in [0.15, 0.2) is 23.0 Å². The van der Waals surface area contributed by atoms with Gasteiger partial charge >= 0.3 is 0 Å². The molecule has 28 heavy (non-hydrogen) atoms. The number of rotatable bonds is 5. The molecule has 0 aliphatic heterocycles. The predicted octanol–water partition coefficient (Wildman–Crippen LogP) is 5.11. The van der Waals surface area contributed by atoms with E-state index in [0.29, 0.717) is 30.5 Å². The molecule has 148 valence electrons. The molecule has 2 aromatic heterocycles. The highest BCUT2D eigenvalue weighted by molar-refractivity contribution is 7.18. The molecule has 0 fully saturated rings. The largest absolute Gasteiger partial charge is 0.490 e. The van der Waals surface area contributed by atoms with Crippen molar-refractivity contribution in [1.82, 2.24) is 9.97 Å². The Morgan fingerprint density at radius 3 is 2.57 bits per heavy atom. The Bertz CT molecular complexity index is 1040. The zero-order valence-corrected chi connectivity index (χ0v) is 17.3. The first kappa shape index (κ1) is 19.0. The molecule has 0 spiro atoms. The molecule has 1 aliphatic rings. The maximum Gasteiger partial charge on any atom is 0.260 e. The summed E-state index contributed by atoms with van der Waals surface area (Å²) < 4.78 is 11.4. The molecule has 0 radical (unpaired) electrons. The maximum atomic E-state index is 12.9. The molecule has 2 heterocycles. The third-order valence-corrected chi connectivity index (χ3v) is 6.33. The number of H-pyrrole nitrogens is 1. The lowest BCUT2D eigenvalue weighted by atomic mass is 9.98. The molecule has 0 saturated carbocycles. The Balaban J connectivity index is 1.79. The van der Waals surface area contributed by atoms with Crippen LogP contribution in [0.5, 0.6) is 11.5 Å². The predicted molar refractivity (Wildman–Crippen MR) is 114 cm³/mol. The molecule has 0 bridgehead atoms. The van der Waals surface area contributed by atoms with Gasteiger partial charge in [0.05, 0.1) is 18.6 Å². The Hall–Kier alpha value is -2.34. The molecular formula is C22H26N2O3S. The van der Waals surface area contributed by atoms with Crippen LogP contribution in [0, 0.1) is 0 Å².